The third-order valence-corrected chi connectivity index (χ3v) is 3.39. The van der Waals surface area contributed by atoms with Crippen molar-refractivity contribution < 1.29 is 4.79 Å². The van der Waals surface area contributed by atoms with E-state index in [-0.39, 0.29) is 11.9 Å². The van der Waals surface area contributed by atoms with Crippen LogP contribution in [0.4, 0.5) is 0 Å². The first kappa shape index (κ1) is 10.9. The first-order valence-corrected chi connectivity index (χ1v) is 5.99. The highest BCUT2D eigenvalue weighted by Crippen LogP contribution is 2.19. The van der Waals surface area contributed by atoms with Gasteiger partial charge in [-0.1, -0.05) is 6.92 Å². The number of hydrogen-bond acceptors (Lipinski definition) is 3. The summed E-state index contributed by atoms with van der Waals surface area (Å²) in [5, 5.41) is 6.32. The van der Waals surface area contributed by atoms with E-state index in [0.29, 0.717) is 12.1 Å². The number of amides is 1. The predicted molar refractivity (Wildman–Crippen MR) is 59.7 cm³/mol. The lowest BCUT2D eigenvalue weighted by molar-refractivity contribution is -0.127. The molecular formula is C11H21N3O. The van der Waals surface area contributed by atoms with Gasteiger partial charge in [0.1, 0.15) is 0 Å². The van der Waals surface area contributed by atoms with Crippen molar-refractivity contribution in [2.45, 2.75) is 44.8 Å². The first-order valence-electron chi connectivity index (χ1n) is 5.99. The van der Waals surface area contributed by atoms with E-state index < -0.39 is 0 Å². The van der Waals surface area contributed by atoms with Crippen LogP contribution in [0.15, 0.2) is 0 Å². The van der Waals surface area contributed by atoms with E-state index in [9.17, 15) is 4.79 Å². The van der Waals surface area contributed by atoms with Crippen LogP contribution in [0, 0.1) is 0 Å². The summed E-state index contributed by atoms with van der Waals surface area (Å²) in [4.78, 5) is 14.2. The smallest absolute Gasteiger partial charge is 0.237 e. The maximum atomic E-state index is 11.9. The summed E-state index contributed by atoms with van der Waals surface area (Å²) in [5.41, 5.74) is 0. The zero-order chi connectivity index (χ0) is 10.8. The lowest BCUT2D eigenvalue weighted by Crippen LogP contribution is -2.61. The number of rotatable bonds is 5. The van der Waals surface area contributed by atoms with Gasteiger partial charge < -0.3 is 10.6 Å². The molecule has 2 aliphatic rings. The van der Waals surface area contributed by atoms with E-state index in [1.807, 2.05) is 6.92 Å². The van der Waals surface area contributed by atoms with E-state index in [1.165, 1.54) is 0 Å². The van der Waals surface area contributed by atoms with Gasteiger partial charge in [0.2, 0.25) is 5.91 Å². The monoisotopic (exact) mass is 211 g/mol. The normalized spacial score (nSPS) is 23.7. The maximum absolute atomic E-state index is 11.9. The van der Waals surface area contributed by atoms with Crippen LogP contribution >= 0.6 is 0 Å². The molecular weight excluding hydrogens is 190 g/mol. The topological polar surface area (TPSA) is 44.4 Å². The summed E-state index contributed by atoms with van der Waals surface area (Å²) >= 11 is 0. The SMILES string of the molecule is CCN(C1CNC1)C(C)C(=O)NC1CC1. The van der Waals surface area contributed by atoms with Gasteiger partial charge in [0.05, 0.1) is 6.04 Å². The van der Waals surface area contributed by atoms with Crippen molar-refractivity contribution >= 4 is 5.91 Å². The summed E-state index contributed by atoms with van der Waals surface area (Å²) in [6.45, 7) is 7.13. The fourth-order valence-corrected chi connectivity index (χ4v) is 2.06. The summed E-state index contributed by atoms with van der Waals surface area (Å²) in [7, 11) is 0. The second kappa shape index (κ2) is 4.49. The Balaban J connectivity index is 1.84. The van der Waals surface area contributed by atoms with Crippen LogP contribution in [0.25, 0.3) is 0 Å². The van der Waals surface area contributed by atoms with Crippen LogP contribution in [0.1, 0.15) is 26.7 Å². The maximum Gasteiger partial charge on any atom is 0.237 e. The average Bonchev–Trinajstić information content (AvgIpc) is 2.93. The molecule has 0 spiro atoms. The molecule has 2 fully saturated rings. The Bertz CT molecular complexity index is 236. The molecule has 0 aromatic rings. The fraction of sp³-hybridized carbons (Fsp3) is 0.909. The molecule has 2 rings (SSSR count). The Morgan fingerprint density at radius 2 is 2.20 bits per heavy atom. The van der Waals surface area contributed by atoms with Crippen molar-refractivity contribution in [2.75, 3.05) is 19.6 Å². The van der Waals surface area contributed by atoms with Crippen LogP contribution in [-0.4, -0.2) is 48.6 Å². The summed E-state index contributed by atoms with van der Waals surface area (Å²) in [6, 6.07) is 1.04. The van der Waals surface area contributed by atoms with Crippen molar-refractivity contribution in [1.29, 1.82) is 0 Å². The van der Waals surface area contributed by atoms with E-state index in [2.05, 4.69) is 22.5 Å². The second-order valence-electron chi connectivity index (χ2n) is 4.60. The van der Waals surface area contributed by atoms with Gasteiger partial charge >= 0.3 is 0 Å². The van der Waals surface area contributed by atoms with Crippen molar-refractivity contribution in [3.05, 3.63) is 0 Å². The Kier molecular flexibility index (Phi) is 3.26. The molecule has 1 aliphatic heterocycles. The molecule has 4 nitrogen and oxygen atoms in total. The Morgan fingerprint density at radius 3 is 2.60 bits per heavy atom. The number of nitrogens with one attached hydrogen (secondary N) is 2. The van der Waals surface area contributed by atoms with E-state index in [1.54, 1.807) is 0 Å². The molecule has 1 heterocycles. The van der Waals surface area contributed by atoms with Crippen LogP contribution < -0.4 is 10.6 Å². The Morgan fingerprint density at radius 1 is 1.53 bits per heavy atom. The highest BCUT2D eigenvalue weighted by molar-refractivity contribution is 5.81. The van der Waals surface area contributed by atoms with Crippen LogP contribution in [0.5, 0.6) is 0 Å². The lowest BCUT2D eigenvalue weighted by Gasteiger charge is -2.40. The third kappa shape index (κ3) is 2.49. The summed E-state index contributed by atoms with van der Waals surface area (Å²) in [5.74, 6) is 0.200. The minimum absolute atomic E-state index is 0.0164. The standard InChI is InChI=1S/C11H21N3O/c1-3-14(10-6-12-7-10)8(2)11(15)13-9-4-5-9/h8-10,12H,3-7H2,1-2H3,(H,13,15). The molecule has 86 valence electrons. The van der Waals surface area contributed by atoms with Gasteiger partial charge in [0, 0.05) is 25.2 Å². The third-order valence-electron chi connectivity index (χ3n) is 3.39. The van der Waals surface area contributed by atoms with Gasteiger partial charge in [-0.3, -0.25) is 9.69 Å². The molecule has 1 amide bonds. The quantitative estimate of drug-likeness (QED) is 0.670. The van der Waals surface area contributed by atoms with Crippen molar-refractivity contribution in [3.63, 3.8) is 0 Å². The minimum atomic E-state index is 0.0164. The van der Waals surface area contributed by atoms with E-state index in [4.69, 9.17) is 0 Å². The molecule has 1 saturated carbocycles. The van der Waals surface area contributed by atoms with E-state index >= 15 is 0 Å². The molecule has 2 N–H and O–H groups in total. The molecule has 1 atom stereocenters. The van der Waals surface area contributed by atoms with Crippen molar-refractivity contribution in [1.82, 2.24) is 15.5 Å². The lowest BCUT2D eigenvalue weighted by atomic mass is 10.1. The Labute approximate surface area is 91.4 Å². The molecule has 4 heteroatoms. The van der Waals surface area contributed by atoms with Gasteiger partial charge in [0.15, 0.2) is 0 Å². The number of carbonyl (C=O) groups is 1. The van der Waals surface area contributed by atoms with Gasteiger partial charge in [-0.05, 0) is 26.3 Å². The van der Waals surface area contributed by atoms with Crippen molar-refractivity contribution in [3.8, 4) is 0 Å². The van der Waals surface area contributed by atoms with Gasteiger partial charge in [0.25, 0.3) is 0 Å². The zero-order valence-corrected chi connectivity index (χ0v) is 9.62. The highest BCUT2D eigenvalue weighted by atomic mass is 16.2. The van der Waals surface area contributed by atoms with Gasteiger partial charge in [-0.2, -0.15) is 0 Å². The average molecular weight is 211 g/mol. The minimum Gasteiger partial charge on any atom is -0.352 e. The molecule has 1 saturated heterocycles. The van der Waals surface area contributed by atoms with Crippen LogP contribution in [-0.2, 0) is 4.79 Å². The van der Waals surface area contributed by atoms with Gasteiger partial charge in [-0.15, -0.1) is 0 Å². The summed E-state index contributed by atoms with van der Waals surface area (Å²) < 4.78 is 0. The number of hydrogen-bond donors (Lipinski definition) is 2. The molecule has 0 radical (unpaired) electrons. The molecule has 1 unspecified atom stereocenters. The van der Waals surface area contributed by atoms with Crippen molar-refractivity contribution in [2.24, 2.45) is 0 Å². The van der Waals surface area contributed by atoms with Crippen LogP contribution in [0.2, 0.25) is 0 Å². The molecule has 0 aromatic carbocycles. The first-order chi connectivity index (χ1) is 7.22. The van der Waals surface area contributed by atoms with E-state index in [0.717, 1.165) is 32.5 Å². The number of carbonyl (C=O) groups excluding carboxylic acids is 1. The molecule has 15 heavy (non-hydrogen) atoms. The highest BCUT2D eigenvalue weighted by Gasteiger charge is 2.32. The Hall–Kier alpha value is -0.610. The molecule has 1 aliphatic carbocycles. The predicted octanol–water partition coefficient (Wildman–Crippen LogP) is -0.0528. The van der Waals surface area contributed by atoms with Crippen LogP contribution in [0.3, 0.4) is 0 Å². The van der Waals surface area contributed by atoms with Gasteiger partial charge in [-0.25, -0.2) is 0 Å². The molecule has 0 bridgehead atoms. The molecule has 0 aromatic heterocycles. The number of nitrogens with zero attached hydrogens (tertiary/aromatic N) is 1. The number of likely N-dealkylation sites (N-methyl/N-ethyl adjacent to an activating group) is 1. The zero-order valence-electron chi connectivity index (χ0n) is 9.62. The summed E-state index contributed by atoms with van der Waals surface area (Å²) in [6.07, 6.45) is 2.32. The fourth-order valence-electron chi connectivity index (χ4n) is 2.06. The largest absolute Gasteiger partial charge is 0.352 e. The second-order valence-corrected chi connectivity index (χ2v) is 4.60.